The van der Waals surface area contributed by atoms with Gasteiger partial charge in [-0.15, -0.1) is 10.2 Å². The van der Waals surface area contributed by atoms with E-state index in [-0.39, 0.29) is 16.3 Å². The van der Waals surface area contributed by atoms with Gasteiger partial charge in [-0.1, -0.05) is 29.9 Å². The van der Waals surface area contributed by atoms with Crippen molar-refractivity contribution in [3.63, 3.8) is 0 Å². The molecule has 0 fully saturated rings. The van der Waals surface area contributed by atoms with Crippen molar-refractivity contribution in [3.8, 4) is 11.8 Å². The zero-order chi connectivity index (χ0) is 21.7. The molecule has 0 aliphatic rings. The minimum atomic E-state index is -0.619. The van der Waals surface area contributed by atoms with Gasteiger partial charge in [0.25, 0.3) is 11.6 Å². The highest BCUT2D eigenvalue weighted by molar-refractivity contribution is 7.15. The number of nitrogens with one attached hydrogen (secondary N) is 1. The monoisotopic (exact) mass is 442 g/mol. The molecule has 0 atom stereocenters. The molecular weight excluding hydrogens is 428 g/mol. The van der Waals surface area contributed by atoms with Crippen LogP contribution in [0, 0.1) is 21.4 Å². The maximum atomic E-state index is 12.5. The van der Waals surface area contributed by atoms with Crippen LogP contribution in [0.5, 0.6) is 0 Å². The zero-order valence-electron chi connectivity index (χ0n) is 15.7. The molecule has 0 unspecified atom stereocenters. The quantitative estimate of drug-likeness (QED) is 0.250. The number of aromatic nitrogens is 3. The number of nitrogens with zero attached hydrogens (tertiary/aromatic N) is 5. The van der Waals surface area contributed by atoms with Crippen molar-refractivity contribution in [2.75, 3.05) is 5.32 Å². The molecule has 0 spiro atoms. The lowest BCUT2D eigenvalue weighted by Crippen LogP contribution is -2.13. The largest absolute Gasteiger partial charge is 0.317 e. The Hall–Kier alpha value is -3.55. The number of hydrogen-bond acceptors (Lipinski definition) is 7. The summed E-state index contributed by atoms with van der Waals surface area (Å²) in [5.41, 5.74) is 0.566. The number of anilines is 1. The van der Waals surface area contributed by atoms with Crippen LogP contribution < -0.4 is 5.32 Å². The van der Waals surface area contributed by atoms with E-state index in [1.54, 1.807) is 29.0 Å². The fraction of sp³-hybridized carbons (Fsp3) is 0.158. The lowest BCUT2D eigenvalue weighted by Gasteiger charge is -2.08. The molecule has 3 rings (SSSR count). The van der Waals surface area contributed by atoms with Crippen LogP contribution in [0.2, 0.25) is 5.02 Å². The fourth-order valence-corrected chi connectivity index (χ4v) is 3.64. The summed E-state index contributed by atoms with van der Waals surface area (Å²) in [5.74, 6) is -0.619. The van der Waals surface area contributed by atoms with Crippen molar-refractivity contribution in [3.05, 3.63) is 67.9 Å². The van der Waals surface area contributed by atoms with Gasteiger partial charge in [0.15, 0.2) is 0 Å². The maximum absolute atomic E-state index is 12.5. The predicted molar refractivity (Wildman–Crippen MR) is 114 cm³/mol. The maximum Gasteiger partial charge on any atom is 0.289 e. The van der Waals surface area contributed by atoms with Gasteiger partial charge in [0.1, 0.15) is 21.7 Å². The number of amides is 1. The van der Waals surface area contributed by atoms with Crippen molar-refractivity contribution < 1.29 is 9.72 Å². The first-order chi connectivity index (χ1) is 14.4. The van der Waals surface area contributed by atoms with E-state index in [9.17, 15) is 20.2 Å². The Morgan fingerprint density at radius 2 is 2.23 bits per heavy atom. The number of hydrogen-bond donors (Lipinski definition) is 1. The Morgan fingerprint density at radius 1 is 1.43 bits per heavy atom. The number of halogens is 1. The third-order valence-corrected chi connectivity index (χ3v) is 5.21. The Morgan fingerprint density at radius 3 is 2.93 bits per heavy atom. The normalized spacial score (nSPS) is 11.2. The van der Waals surface area contributed by atoms with Gasteiger partial charge in [-0.25, -0.2) is 0 Å². The number of rotatable bonds is 7. The van der Waals surface area contributed by atoms with Crippen LogP contribution in [-0.2, 0) is 11.2 Å². The van der Waals surface area contributed by atoms with E-state index in [1.165, 1.54) is 29.5 Å². The van der Waals surface area contributed by atoms with Crippen LogP contribution in [0.25, 0.3) is 11.8 Å². The molecule has 11 heteroatoms. The number of nitro groups is 1. The molecule has 9 nitrogen and oxygen atoms in total. The Balaban J connectivity index is 1.88. The second kappa shape index (κ2) is 9.30. The van der Waals surface area contributed by atoms with Crippen LogP contribution >= 0.6 is 22.9 Å². The summed E-state index contributed by atoms with van der Waals surface area (Å²) in [7, 11) is 0. The fourth-order valence-electron chi connectivity index (χ4n) is 2.62. The average molecular weight is 443 g/mol. The third kappa shape index (κ3) is 4.71. The van der Waals surface area contributed by atoms with Crippen LogP contribution in [0.3, 0.4) is 0 Å². The Bertz CT molecular complexity index is 1180. The lowest BCUT2D eigenvalue weighted by molar-refractivity contribution is -0.384. The number of aryl methyl sites for hydroxylation is 1. The van der Waals surface area contributed by atoms with Gasteiger partial charge in [-0.2, -0.15) is 5.26 Å². The Labute approximate surface area is 180 Å². The molecular formula is C19H15ClN6O3S. The van der Waals surface area contributed by atoms with Crippen molar-refractivity contribution in [2.45, 2.75) is 19.8 Å². The highest BCUT2D eigenvalue weighted by Crippen LogP contribution is 2.28. The molecule has 30 heavy (non-hydrogen) atoms. The minimum Gasteiger partial charge on any atom is -0.317 e. The standard InChI is InChI=1S/C19H15ClN6O3S/c1-2-4-17-23-24-19(30-17)22-18(27)12(11-21)9-13-5-3-8-25(13)14-6-7-15(20)16(10-14)26(28)29/h3,5-10H,2,4H2,1H3,(H,22,24,27). The van der Waals surface area contributed by atoms with Gasteiger partial charge in [0, 0.05) is 24.4 Å². The molecule has 0 saturated heterocycles. The second-order valence-electron chi connectivity index (χ2n) is 6.07. The zero-order valence-corrected chi connectivity index (χ0v) is 17.3. The summed E-state index contributed by atoms with van der Waals surface area (Å²) in [6.07, 6.45) is 4.72. The number of carbonyl (C=O) groups excluding carboxylic acids is 1. The average Bonchev–Trinajstić information content (AvgIpc) is 3.36. The summed E-state index contributed by atoms with van der Waals surface area (Å²) in [6, 6.07) is 9.59. The molecule has 0 radical (unpaired) electrons. The molecule has 152 valence electrons. The molecule has 0 bridgehead atoms. The highest BCUT2D eigenvalue weighted by atomic mass is 35.5. The summed E-state index contributed by atoms with van der Waals surface area (Å²) >= 11 is 7.13. The molecule has 1 N–H and O–H groups in total. The summed E-state index contributed by atoms with van der Waals surface area (Å²) in [6.45, 7) is 2.01. The number of nitriles is 1. The van der Waals surface area contributed by atoms with Crippen LogP contribution in [0.1, 0.15) is 24.0 Å². The molecule has 0 saturated carbocycles. The number of carbonyl (C=O) groups is 1. The summed E-state index contributed by atoms with van der Waals surface area (Å²) in [5, 5.41) is 32.2. The topological polar surface area (TPSA) is 127 Å². The number of nitro benzene ring substituents is 1. The van der Waals surface area contributed by atoms with Crippen LogP contribution in [-0.4, -0.2) is 25.6 Å². The van der Waals surface area contributed by atoms with Gasteiger partial charge in [-0.3, -0.25) is 20.2 Å². The molecule has 2 aromatic heterocycles. The molecule has 0 aliphatic carbocycles. The minimum absolute atomic E-state index is 0.0181. The van der Waals surface area contributed by atoms with Crippen molar-refractivity contribution in [1.82, 2.24) is 14.8 Å². The molecule has 0 aliphatic heterocycles. The van der Waals surface area contributed by atoms with Gasteiger partial charge in [0.05, 0.1) is 10.6 Å². The molecule has 2 heterocycles. The molecule has 3 aromatic rings. The molecule has 1 amide bonds. The number of benzene rings is 1. The second-order valence-corrected chi connectivity index (χ2v) is 7.54. The first-order valence-corrected chi connectivity index (χ1v) is 9.99. The van der Waals surface area contributed by atoms with Gasteiger partial charge in [-0.05, 0) is 36.8 Å². The smallest absolute Gasteiger partial charge is 0.289 e. The SMILES string of the molecule is CCCc1nnc(NC(=O)C(C#N)=Cc2cccn2-c2ccc(Cl)c([N+](=O)[O-])c2)s1. The molecule has 1 aromatic carbocycles. The van der Waals surface area contributed by atoms with Crippen molar-refractivity contribution in [1.29, 1.82) is 5.26 Å². The van der Waals surface area contributed by atoms with Crippen LogP contribution in [0.15, 0.2) is 42.1 Å². The van der Waals surface area contributed by atoms with Gasteiger partial charge < -0.3 is 4.57 Å². The highest BCUT2D eigenvalue weighted by Gasteiger charge is 2.16. The van der Waals surface area contributed by atoms with Crippen LogP contribution in [0.4, 0.5) is 10.8 Å². The summed E-state index contributed by atoms with van der Waals surface area (Å²) < 4.78 is 1.61. The third-order valence-electron chi connectivity index (χ3n) is 3.99. The van der Waals surface area contributed by atoms with Gasteiger partial charge >= 0.3 is 0 Å². The van der Waals surface area contributed by atoms with E-state index >= 15 is 0 Å². The van der Waals surface area contributed by atoms with E-state index < -0.39 is 10.8 Å². The predicted octanol–water partition coefficient (Wildman–Crippen LogP) is 4.39. The first-order valence-electron chi connectivity index (χ1n) is 8.80. The first kappa shape index (κ1) is 21.2. The van der Waals surface area contributed by atoms with E-state index in [1.807, 2.05) is 13.0 Å². The lowest BCUT2D eigenvalue weighted by atomic mass is 10.2. The van der Waals surface area contributed by atoms with E-state index in [2.05, 4.69) is 15.5 Å². The summed E-state index contributed by atoms with van der Waals surface area (Å²) in [4.78, 5) is 23.1. The Kier molecular flexibility index (Phi) is 6.56. The van der Waals surface area contributed by atoms with Gasteiger partial charge in [0.2, 0.25) is 5.13 Å². The van der Waals surface area contributed by atoms with E-state index in [4.69, 9.17) is 11.6 Å². The van der Waals surface area contributed by atoms with Crippen molar-refractivity contribution in [2.24, 2.45) is 0 Å². The van der Waals surface area contributed by atoms with E-state index in [0.29, 0.717) is 16.5 Å². The van der Waals surface area contributed by atoms with Crippen molar-refractivity contribution >= 4 is 45.7 Å². The van der Waals surface area contributed by atoms with E-state index in [0.717, 1.165) is 17.8 Å².